The van der Waals surface area contributed by atoms with Gasteiger partial charge in [0.05, 0.1) is 11.0 Å². The molecule has 4 heteroatoms. The van der Waals surface area contributed by atoms with Gasteiger partial charge in [0.15, 0.2) is 0 Å². The van der Waals surface area contributed by atoms with Gasteiger partial charge in [0.2, 0.25) is 0 Å². The van der Waals surface area contributed by atoms with Gasteiger partial charge in [-0.05, 0) is 94.1 Å². The molecule has 0 saturated heterocycles. The van der Waals surface area contributed by atoms with Crippen molar-refractivity contribution in [3.05, 3.63) is 75.3 Å². The molecular weight excluding hydrogens is 499 g/mol. The Bertz CT molecular complexity index is 1260. The molecule has 0 radical (unpaired) electrons. The molecule has 1 N–H and O–H groups in total. The van der Waals surface area contributed by atoms with E-state index >= 15 is 0 Å². The number of hydrogen-bond acceptors (Lipinski definition) is 1. The molecule has 4 rings (SSSR count). The first-order valence-corrected chi connectivity index (χ1v) is 14.3. The zero-order valence-corrected chi connectivity index (χ0v) is 22.8. The highest BCUT2D eigenvalue weighted by Crippen LogP contribution is 2.29. The van der Waals surface area contributed by atoms with Crippen molar-refractivity contribution in [1.82, 2.24) is 9.97 Å². The maximum atomic E-state index is 14.1. The summed E-state index contributed by atoms with van der Waals surface area (Å²) in [7, 11) is 0. The Morgan fingerprint density at radius 2 is 1.54 bits per heavy atom. The van der Waals surface area contributed by atoms with E-state index in [9.17, 15) is 4.39 Å². The third-order valence-corrected chi connectivity index (χ3v) is 8.03. The highest BCUT2D eigenvalue weighted by atomic mass is 79.9. The van der Waals surface area contributed by atoms with E-state index in [-0.39, 0.29) is 5.82 Å². The molecule has 0 amide bonds. The van der Waals surface area contributed by atoms with E-state index in [4.69, 9.17) is 4.98 Å². The van der Waals surface area contributed by atoms with Crippen LogP contribution in [0, 0.1) is 5.82 Å². The minimum Gasteiger partial charge on any atom is -0.342 e. The lowest BCUT2D eigenvalue weighted by molar-refractivity contribution is 0.623. The van der Waals surface area contributed by atoms with E-state index in [1.54, 1.807) is 12.1 Å². The topological polar surface area (TPSA) is 28.7 Å². The maximum Gasteiger partial charge on any atom is 0.125 e. The number of aromatic nitrogens is 2. The van der Waals surface area contributed by atoms with Crippen LogP contribution in [0.15, 0.2) is 46.9 Å². The highest BCUT2D eigenvalue weighted by molar-refractivity contribution is 9.10. The van der Waals surface area contributed by atoms with Gasteiger partial charge in [-0.3, -0.25) is 0 Å². The lowest BCUT2D eigenvalue weighted by Crippen LogP contribution is -1.92. The van der Waals surface area contributed by atoms with E-state index in [0.717, 1.165) is 60.9 Å². The highest BCUT2D eigenvalue weighted by Gasteiger charge is 2.10. The summed E-state index contributed by atoms with van der Waals surface area (Å²) in [6, 6.07) is 14.6. The number of rotatable bonds is 13. The molecule has 0 aliphatic heterocycles. The molecule has 1 aromatic heterocycles. The number of hydrogen-bond donors (Lipinski definition) is 1. The number of benzene rings is 3. The number of aryl methyl sites for hydroxylation is 4. The number of halogens is 2. The van der Waals surface area contributed by atoms with Gasteiger partial charge >= 0.3 is 0 Å². The standard InChI is InChI=1S/C31H38BrFN2/c1-3-5-6-10-13-25-20-26(33)21-28-31(25)35-29(34-28)14-11-8-7-9-12-22-15-16-24-18-17-23(4-2)30(32)27(24)19-22/h15-21H,3-14H2,1-2H3,(H,34,35). The van der Waals surface area contributed by atoms with E-state index in [1.807, 2.05) is 0 Å². The van der Waals surface area contributed by atoms with Crippen molar-refractivity contribution in [3.8, 4) is 0 Å². The van der Waals surface area contributed by atoms with Crippen LogP contribution in [-0.2, 0) is 25.7 Å². The number of nitrogens with zero attached hydrogens (tertiary/aromatic N) is 1. The number of nitrogens with one attached hydrogen (secondary N) is 1. The first kappa shape index (κ1) is 25.9. The average Bonchev–Trinajstić information content (AvgIpc) is 3.27. The van der Waals surface area contributed by atoms with Crippen LogP contribution in [0.3, 0.4) is 0 Å². The van der Waals surface area contributed by atoms with Crippen LogP contribution >= 0.6 is 15.9 Å². The van der Waals surface area contributed by atoms with Crippen molar-refractivity contribution in [1.29, 1.82) is 0 Å². The van der Waals surface area contributed by atoms with Crippen LogP contribution < -0.4 is 0 Å². The minimum atomic E-state index is -0.162. The predicted octanol–water partition coefficient (Wildman–Crippen LogP) is 9.65. The number of unbranched alkanes of at least 4 members (excludes halogenated alkanes) is 6. The van der Waals surface area contributed by atoms with Gasteiger partial charge in [0.1, 0.15) is 11.6 Å². The molecule has 1 heterocycles. The maximum absolute atomic E-state index is 14.1. The second kappa shape index (κ2) is 12.7. The molecule has 0 unspecified atom stereocenters. The quantitative estimate of drug-likeness (QED) is 0.169. The molecule has 4 aromatic rings. The zero-order valence-electron chi connectivity index (χ0n) is 21.2. The molecule has 0 saturated carbocycles. The molecule has 0 spiro atoms. The lowest BCUT2D eigenvalue weighted by atomic mass is 10.00. The van der Waals surface area contributed by atoms with Crippen molar-refractivity contribution in [2.75, 3.05) is 0 Å². The zero-order chi connectivity index (χ0) is 24.6. The summed E-state index contributed by atoms with van der Waals surface area (Å²) in [6.45, 7) is 4.41. The van der Waals surface area contributed by atoms with Gasteiger partial charge in [-0.2, -0.15) is 0 Å². The summed E-state index contributed by atoms with van der Waals surface area (Å²) in [5, 5.41) is 2.63. The summed E-state index contributed by atoms with van der Waals surface area (Å²) >= 11 is 3.81. The second-order valence-corrected chi connectivity index (χ2v) is 10.6. The second-order valence-electron chi connectivity index (χ2n) is 9.82. The number of fused-ring (bicyclic) bond motifs is 2. The molecule has 0 fully saturated rings. The minimum absolute atomic E-state index is 0.162. The molecule has 0 aliphatic carbocycles. The molecule has 2 nitrogen and oxygen atoms in total. The van der Waals surface area contributed by atoms with Crippen LogP contribution in [0.5, 0.6) is 0 Å². The molecule has 0 bridgehead atoms. The molecular formula is C31H38BrFN2. The van der Waals surface area contributed by atoms with Crippen LogP contribution in [-0.4, -0.2) is 9.97 Å². The Kier molecular flexibility index (Phi) is 9.37. The normalized spacial score (nSPS) is 11.7. The Morgan fingerprint density at radius 1 is 0.800 bits per heavy atom. The molecule has 0 aliphatic rings. The Labute approximate surface area is 217 Å². The smallest absolute Gasteiger partial charge is 0.125 e. The van der Waals surface area contributed by atoms with Gasteiger partial charge in [-0.1, -0.05) is 76.3 Å². The van der Waals surface area contributed by atoms with E-state index in [1.165, 1.54) is 64.9 Å². The predicted molar refractivity (Wildman–Crippen MR) is 151 cm³/mol. The third-order valence-electron chi connectivity index (χ3n) is 7.09. The van der Waals surface area contributed by atoms with Crippen LogP contribution in [0.1, 0.15) is 87.7 Å². The van der Waals surface area contributed by atoms with Gasteiger partial charge in [-0.15, -0.1) is 0 Å². The van der Waals surface area contributed by atoms with Crippen molar-refractivity contribution < 1.29 is 4.39 Å². The lowest BCUT2D eigenvalue weighted by Gasteiger charge is -2.09. The average molecular weight is 538 g/mol. The van der Waals surface area contributed by atoms with Gasteiger partial charge in [0.25, 0.3) is 0 Å². The summed E-state index contributed by atoms with van der Waals surface area (Å²) in [5.74, 6) is 0.830. The Balaban J connectivity index is 1.26. The fourth-order valence-electron chi connectivity index (χ4n) is 5.03. The first-order valence-electron chi connectivity index (χ1n) is 13.5. The van der Waals surface area contributed by atoms with Crippen molar-refractivity contribution in [3.63, 3.8) is 0 Å². The van der Waals surface area contributed by atoms with Crippen LogP contribution in [0.25, 0.3) is 21.8 Å². The monoisotopic (exact) mass is 536 g/mol. The van der Waals surface area contributed by atoms with Crippen LogP contribution in [0.4, 0.5) is 4.39 Å². The summed E-state index contributed by atoms with van der Waals surface area (Å²) in [5.41, 5.74) is 5.64. The van der Waals surface area contributed by atoms with Crippen molar-refractivity contribution in [2.24, 2.45) is 0 Å². The summed E-state index contributed by atoms with van der Waals surface area (Å²) in [4.78, 5) is 8.21. The molecule has 35 heavy (non-hydrogen) atoms. The van der Waals surface area contributed by atoms with Gasteiger partial charge in [-0.25, -0.2) is 9.37 Å². The molecule has 186 valence electrons. The number of aromatic amines is 1. The van der Waals surface area contributed by atoms with Crippen molar-refractivity contribution >= 4 is 37.7 Å². The molecule has 0 atom stereocenters. The van der Waals surface area contributed by atoms with Gasteiger partial charge in [0, 0.05) is 10.9 Å². The van der Waals surface area contributed by atoms with Gasteiger partial charge < -0.3 is 4.98 Å². The van der Waals surface area contributed by atoms with E-state index in [2.05, 4.69) is 65.1 Å². The molecule has 3 aromatic carbocycles. The largest absolute Gasteiger partial charge is 0.342 e. The summed E-state index contributed by atoms with van der Waals surface area (Å²) in [6.07, 6.45) is 13.4. The van der Waals surface area contributed by atoms with E-state index in [0.29, 0.717) is 0 Å². The Hall–Kier alpha value is -2.20. The third kappa shape index (κ3) is 6.73. The first-order chi connectivity index (χ1) is 17.1. The van der Waals surface area contributed by atoms with Crippen LogP contribution in [0.2, 0.25) is 0 Å². The van der Waals surface area contributed by atoms with E-state index < -0.39 is 0 Å². The summed E-state index contributed by atoms with van der Waals surface area (Å²) < 4.78 is 15.4. The number of imidazole rings is 1. The SMILES string of the molecule is CCCCCCc1cc(F)cc2[nH]c(CCCCCCc3ccc4ccc(CC)c(Br)c4c3)nc12. The number of H-pyrrole nitrogens is 1. The fourth-order valence-corrected chi connectivity index (χ4v) is 5.79. The van der Waals surface area contributed by atoms with Crippen molar-refractivity contribution in [2.45, 2.75) is 90.9 Å². The fraction of sp³-hybridized carbons (Fsp3) is 0.452. The Morgan fingerprint density at radius 3 is 2.34 bits per heavy atom.